The van der Waals surface area contributed by atoms with E-state index in [0.717, 1.165) is 36.6 Å². The average Bonchev–Trinajstić information content (AvgIpc) is 3.11. The highest BCUT2D eigenvalue weighted by Crippen LogP contribution is 2.25. The summed E-state index contributed by atoms with van der Waals surface area (Å²) in [4.78, 5) is 12.9. The molecule has 0 aliphatic carbocycles. The number of aliphatic hydroxyl groups excluding tert-OH is 1. The molecule has 0 bridgehead atoms. The topological polar surface area (TPSA) is 76.3 Å². The molecule has 124 valence electrons. The van der Waals surface area contributed by atoms with Gasteiger partial charge in [-0.05, 0) is 30.5 Å². The summed E-state index contributed by atoms with van der Waals surface area (Å²) in [5.74, 6) is 1.70. The molecule has 3 rings (SSSR count). The van der Waals surface area contributed by atoms with Crippen LogP contribution in [0.2, 0.25) is 0 Å². The second-order valence-corrected chi connectivity index (χ2v) is 6.07. The molecule has 24 heavy (non-hydrogen) atoms. The number of nitrogens with zero attached hydrogens (tertiary/aromatic N) is 5. The Hall–Kier alpha value is -2.65. The van der Waals surface area contributed by atoms with E-state index in [1.165, 1.54) is 0 Å². The van der Waals surface area contributed by atoms with E-state index in [4.69, 9.17) is 5.26 Å². The molecule has 0 saturated carbocycles. The van der Waals surface area contributed by atoms with E-state index < -0.39 is 0 Å². The lowest BCUT2D eigenvalue weighted by Crippen LogP contribution is -2.33. The minimum absolute atomic E-state index is 0.150. The monoisotopic (exact) mass is 323 g/mol. The number of aromatic nitrogens is 2. The van der Waals surface area contributed by atoms with Crippen LogP contribution in [0.1, 0.15) is 24.0 Å². The molecular weight excluding hydrogens is 302 g/mol. The normalized spacial score (nSPS) is 16.9. The first kappa shape index (κ1) is 16.2. The van der Waals surface area contributed by atoms with E-state index >= 15 is 0 Å². The zero-order valence-electron chi connectivity index (χ0n) is 13.8. The Morgan fingerprint density at radius 3 is 2.83 bits per heavy atom. The number of hydrogen-bond donors (Lipinski definition) is 1. The second kappa shape index (κ2) is 7.28. The molecule has 0 radical (unpaired) electrons. The zero-order chi connectivity index (χ0) is 16.9. The van der Waals surface area contributed by atoms with Gasteiger partial charge in [-0.1, -0.05) is 12.1 Å². The highest BCUT2D eigenvalue weighted by atomic mass is 16.3. The fourth-order valence-electron chi connectivity index (χ4n) is 3.07. The molecule has 1 N–H and O–H groups in total. The smallest absolute Gasteiger partial charge is 0.134 e. The van der Waals surface area contributed by atoms with Gasteiger partial charge in [0.25, 0.3) is 0 Å². The maximum absolute atomic E-state index is 9.50. The van der Waals surface area contributed by atoms with Crippen molar-refractivity contribution in [1.29, 1.82) is 5.26 Å². The van der Waals surface area contributed by atoms with Crippen LogP contribution in [0.25, 0.3) is 0 Å². The molecule has 0 amide bonds. The quantitative estimate of drug-likeness (QED) is 0.906. The van der Waals surface area contributed by atoms with Gasteiger partial charge in [-0.3, -0.25) is 0 Å². The van der Waals surface area contributed by atoms with Crippen LogP contribution in [0.4, 0.5) is 11.6 Å². The molecule has 0 spiro atoms. The van der Waals surface area contributed by atoms with Crippen LogP contribution >= 0.6 is 0 Å². The first-order valence-corrected chi connectivity index (χ1v) is 8.11. The fraction of sp³-hybridized carbons (Fsp3) is 0.389. The van der Waals surface area contributed by atoms with Crippen LogP contribution in [0, 0.1) is 11.3 Å². The number of anilines is 2. The number of nitriles is 1. The molecule has 1 aromatic heterocycles. The first-order valence-electron chi connectivity index (χ1n) is 8.11. The zero-order valence-corrected chi connectivity index (χ0v) is 13.8. The Balaban J connectivity index is 1.74. The van der Waals surface area contributed by atoms with Crippen LogP contribution < -0.4 is 9.80 Å². The van der Waals surface area contributed by atoms with Gasteiger partial charge >= 0.3 is 0 Å². The van der Waals surface area contributed by atoms with E-state index in [-0.39, 0.29) is 12.6 Å². The van der Waals surface area contributed by atoms with E-state index in [1.807, 2.05) is 37.4 Å². The maximum Gasteiger partial charge on any atom is 0.134 e. The highest BCUT2D eigenvalue weighted by molar-refractivity contribution is 5.51. The van der Waals surface area contributed by atoms with Crippen molar-refractivity contribution in [3.8, 4) is 6.07 Å². The van der Waals surface area contributed by atoms with Gasteiger partial charge in [0.2, 0.25) is 0 Å². The number of hydrogen-bond acceptors (Lipinski definition) is 6. The first-order chi connectivity index (χ1) is 11.7. The predicted molar refractivity (Wildman–Crippen MR) is 92.7 cm³/mol. The molecule has 1 atom stereocenters. The third-order valence-corrected chi connectivity index (χ3v) is 4.41. The van der Waals surface area contributed by atoms with Crippen molar-refractivity contribution in [2.75, 3.05) is 30.0 Å². The Morgan fingerprint density at radius 1 is 1.33 bits per heavy atom. The van der Waals surface area contributed by atoms with Crippen LogP contribution in [-0.2, 0) is 6.54 Å². The standard InChI is InChI=1S/C18H21N5O/c1-22(11-15-6-4-14(10-19)5-7-15)17-9-18(21-13-20-17)23-8-2-3-16(23)12-24/h4-7,9,13,16,24H,2-3,8,11-12H2,1H3/t16-/m0/s1. The molecule has 6 nitrogen and oxygen atoms in total. The van der Waals surface area contributed by atoms with E-state index in [0.29, 0.717) is 12.1 Å². The van der Waals surface area contributed by atoms with Crippen LogP contribution in [0.3, 0.4) is 0 Å². The van der Waals surface area contributed by atoms with Crippen molar-refractivity contribution >= 4 is 11.6 Å². The Kier molecular flexibility index (Phi) is 4.92. The van der Waals surface area contributed by atoms with Crippen molar-refractivity contribution in [3.63, 3.8) is 0 Å². The lowest BCUT2D eigenvalue weighted by Gasteiger charge is -2.25. The fourth-order valence-corrected chi connectivity index (χ4v) is 3.07. The molecule has 1 fully saturated rings. The summed E-state index contributed by atoms with van der Waals surface area (Å²) in [7, 11) is 1.98. The summed E-state index contributed by atoms with van der Waals surface area (Å²) in [5.41, 5.74) is 1.78. The SMILES string of the molecule is CN(Cc1ccc(C#N)cc1)c1cc(N2CCC[C@H]2CO)ncn1. The number of benzene rings is 1. The third kappa shape index (κ3) is 3.47. The van der Waals surface area contributed by atoms with Crippen LogP contribution in [0.5, 0.6) is 0 Å². The average molecular weight is 323 g/mol. The molecule has 1 aliphatic heterocycles. The lowest BCUT2D eigenvalue weighted by molar-refractivity contribution is 0.266. The van der Waals surface area contributed by atoms with Crippen molar-refractivity contribution in [2.45, 2.75) is 25.4 Å². The molecule has 2 aromatic rings. The lowest BCUT2D eigenvalue weighted by atomic mass is 10.1. The molecule has 1 aromatic carbocycles. The summed E-state index contributed by atoms with van der Waals surface area (Å²) in [5, 5.41) is 18.4. The van der Waals surface area contributed by atoms with E-state index in [9.17, 15) is 5.11 Å². The Labute approximate surface area is 142 Å². The van der Waals surface area contributed by atoms with Crippen LogP contribution in [0.15, 0.2) is 36.7 Å². The minimum atomic E-state index is 0.150. The van der Waals surface area contributed by atoms with Crippen molar-refractivity contribution in [1.82, 2.24) is 9.97 Å². The predicted octanol–water partition coefficient (Wildman–Crippen LogP) is 1.95. The molecule has 2 heterocycles. The van der Waals surface area contributed by atoms with Gasteiger partial charge in [-0.15, -0.1) is 0 Å². The molecule has 0 unspecified atom stereocenters. The Morgan fingerprint density at radius 2 is 2.12 bits per heavy atom. The molecule has 1 aliphatic rings. The van der Waals surface area contributed by atoms with Gasteiger partial charge in [-0.25, -0.2) is 9.97 Å². The van der Waals surface area contributed by atoms with E-state index in [1.54, 1.807) is 6.33 Å². The summed E-state index contributed by atoms with van der Waals surface area (Å²) in [6, 6.07) is 11.8. The summed E-state index contributed by atoms with van der Waals surface area (Å²) in [6.45, 7) is 1.77. The highest BCUT2D eigenvalue weighted by Gasteiger charge is 2.25. The van der Waals surface area contributed by atoms with Gasteiger partial charge in [0.15, 0.2) is 0 Å². The van der Waals surface area contributed by atoms with Crippen molar-refractivity contribution in [3.05, 3.63) is 47.8 Å². The van der Waals surface area contributed by atoms with Crippen molar-refractivity contribution < 1.29 is 5.11 Å². The number of aliphatic hydroxyl groups is 1. The maximum atomic E-state index is 9.50. The van der Waals surface area contributed by atoms with Gasteiger partial charge in [0.1, 0.15) is 18.0 Å². The molecule has 1 saturated heterocycles. The number of rotatable bonds is 5. The van der Waals surface area contributed by atoms with Gasteiger partial charge in [0.05, 0.1) is 24.3 Å². The summed E-state index contributed by atoms with van der Waals surface area (Å²) in [6.07, 6.45) is 3.65. The minimum Gasteiger partial charge on any atom is -0.394 e. The van der Waals surface area contributed by atoms with E-state index in [2.05, 4.69) is 25.8 Å². The second-order valence-electron chi connectivity index (χ2n) is 6.07. The van der Waals surface area contributed by atoms with Crippen LogP contribution in [-0.4, -0.2) is 41.3 Å². The molecule has 6 heteroatoms. The third-order valence-electron chi connectivity index (χ3n) is 4.41. The summed E-state index contributed by atoms with van der Waals surface area (Å²) < 4.78 is 0. The largest absolute Gasteiger partial charge is 0.394 e. The van der Waals surface area contributed by atoms with Gasteiger partial charge in [-0.2, -0.15) is 5.26 Å². The Bertz CT molecular complexity index is 725. The van der Waals surface area contributed by atoms with Crippen molar-refractivity contribution in [2.24, 2.45) is 0 Å². The molecular formula is C18H21N5O. The van der Waals surface area contributed by atoms with Gasteiger partial charge in [0, 0.05) is 26.2 Å². The summed E-state index contributed by atoms with van der Waals surface area (Å²) >= 11 is 0. The van der Waals surface area contributed by atoms with Gasteiger partial charge < -0.3 is 14.9 Å².